The summed E-state index contributed by atoms with van der Waals surface area (Å²) in [6.45, 7) is 0.763. The SMILES string of the molecule is Cn1nc(C2CCN(C(=O)c3c(F)cccc3F)CC2)n(C2CCCC2)c1=O. The number of piperidine rings is 1. The fourth-order valence-electron chi connectivity index (χ4n) is 4.48. The summed E-state index contributed by atoms with van der Waals surface area (Å²) in [5, 5.41) is 4.48. The molecule has 0 spiro atoms. The molecule has 1 amide bonds. The fraction of sp³-hybridized carbons (Fsp3) is 0.550. The molecule has 1 aromatic carbocycles. The molecule has 4 rings (SSSR count). The lowest BCUT2D eigenvalue weighted by atomic mass is 9.95. The lowest BCUT2D eigenvalue weighted by molar-refractivity contribution is 0.0699. The Morgan fingerprint density at radius 3 is 2.29 bits per heavy atom. The highest BCUT2D eigenvalue weighted by atomic mass is 19.1. The van der Waals surface area contributed by atoms with Crippen molar-refractivity contribution in [1.29, 1.82) is 0 Å². The number of hydrogen-bond acceptors (Lipinski definition) is 3. The molecule has 1 aliphatic heterocycles. The first-order valence-corrected chi connectivity index (χ1v) is 9.86. The van der Waals surface area contributed by atoms with Gasteiger partial charge in [0, 0.05) is 32.1 Å². The van der Waals surface area contributed by atoms with E-state index >= 15 is 0 Å². The number of halogens is 2. The highest BCUT2D eigenvalue weighted by Crippen LogP contribution is 2.34. The van der Waals surface area contributed by atoms with E-state index in [1.165, 1.54) is 15.6 Å². The standard InChI is InChI=1S/C20H24F2N4O2/c1-24-20(28)26(14-5-2-3-6-14)18(23-24)13-9-11-25(12-10-13)19(27)17-15(21)7-4-8-16(17)22/h4,7-8,13-14H,2-3,5-6,9-12H2,1H3. The van der Waals surface area contributed by atoms with Crippen LogP contribution in [-0.4, -0.2) is 38.2 Å². The lowest BCUT2D eigenvalue weighted by Crippen LogP contribution is -2.39. The first-order valence-electron chi connectivity index (χ1n) is 9.86. The van der Waals surface area contributed by atoms with Crippen molar-refractivity contribution in [3.8, 4) is 0 Å². The Morgan fingerprint density at radius 2 is 1.68 bits per heavy atom. The molecule has 2 heterocycles. The maximum atomic E-state index is 13.9. The molecular formula is C20H24F2N4O2. The van der Waals surface area contributed by atoms with Crippen LogP contribution >= 0.6 is 0 Å². The number of aromatic nitrogens is 3. The van der Waals surface area contributed by atoms with Crippen molar-refractivity contribution in [1.82, 2.24) is 19.2 Å². The molecule has 6 nitrogen and oxygen atoms in total. The molecule has 2 fully saturated rings. The zero-order valence-corrected chi connectivity index (χ0v) is 15.9. The van der Waals surface area contributed by atoms with Crippen LogP contribution in [0.3, 0.4) is 0 Å². The topological polar surface area (TPSA) is 60.1 Å². The Morgan fingerprint density at radius 1 is 1.07 bits per heavy atom. The molecule has 0 bridgehead atoms. The van der Waals surface area contributed by atoms with Crippen LogP contribution < -0.4 is 5.69 Å². The van der Waals surface area contributed by atoms with Crippen molar-refractivity contribution in [2.75, 3.05) is 13.1 Å². The van der Waals surface area contributed by atoms with E-state index in [2.05, 4.69) is 5.10 Å². The van der Waals surface area contributed by atoms with E-state index in [-0.39, 0.29) is 17.6 Å². The summed E-state index contributed by atoms with van der Waals surface area (Å²) >= 11 is 0. The van der Waals surface area contributed by atoms with E-state index in [9.17, 15) is 18.4 Å². The molecular weight excluding hydrogens is 366 g/mol. The van der Waals surface area contributed by atoms with Gasteiger partial charge >= 0.3 is 5.69 Å². The van der Waals surface area contributed by atoms with Crippen LogP contribution in [0.5, 0.6) is 0 Å². The Kier molecular flexibility index (Phi) is 5.03. The normalized spacial score (nSPS) is 18.8. The van der Waals surface area contributed by atoms with Gasteiger partial charge in [0.05, 0.1) is 0 Å². The highest BCUT2D eigenvalue weighted by Gasteiger charge is 2.32. The third-order valence-electron chi connectivity index (χ3n) is 6.00. The van der Waals surface area contributed by atoms with Crippen LogP contribution in [-0.2, 0) is 7.05 Å². The number of carbonyl (C=O) groups is 1. The minimum Gasteiger partial charge on any atom is -0.338 e. The van der Waals surface area contributed by atoms with Crippen LogP contribution in [0.2, 0.25) is 0 Å². The summed E-state index contributed by atoms with van der Waals surface area (Å²) in [6.07, 6.45) is 5.44. The van der Waals surface area contributed by atoms with E-state index in [0.717, 1.165) is 43.6 Å². The number of hydrogen-bond donors (Lipinski definition) is 0. The monoisotopic (exact) mass is 390 g/mol. The van der Waals surface area contributed by atoms with Gasteiger partial charge in [0.2, 0.25) is 0 Å². The second-order valence-corrected chi connectivity index (χ2v) is 7.74. The smallest absolute Gasteiger partial charge is 0.338 e. The number of benzene rings is 1. The van der Waals surface area contributed by atoms with Gasteiger partial charge < -0.3 is 4.90 Å². The first-order chi connectivity index (χ1) is 13.5. The van der Waals surface area contributed by atoms with Gasteiger partial charge in [0.1, 0.15) is 23.0 Å². The lowest BCUT2D eigenvalue weighted by Gasteiger charge is -2.32. The molecule has 150 valence electrons. The van der Waals surface area contributed by atoms with Crippen LogP contribution in [0.15, 0.2) is 23.0 Å². The summed E-state index contributed by atoms with van der Waals surface area (Å²) in [4.78, 5) is 26.6. The second-order valence-electron chi connectivity index (χ2n) is 7.74. The van der Waals surface area contributed by atoms with Crippen molar-refractivity contribution in [2.24, 2.45) is 7.05 Å². The van der Waals surface area contributed by atoms with Gasteiger partial charge in [0.15, 0.2) is 0 Å². The second kappa shape index (κ2) is 7.48. The van der Waals surface area contributed by atoms with E-state index in [0.29, 0.717) is 25.9 Å². The Labute approximate surface area is 161 Å². The maximum absolute atomic E-state index is 13.9. The Hall–Kier alpha value is -2.51. The molecule has 2 aromatic rings. The van der Waals surface area contributed by atoms with E-state index in [1.54, 1.807) is 7.05 Å². The van der Waals surface area contributed by atoms with Crippen LogP contribution in [0, 0.1) is 11.6 Å². The largest absolute Gasteiger partial charge is 0.345 e. The minimum atomic E-state index is -0.841. The van der Waals surface area contributed by atoms with Crippen molar-refractivity contribution < 1.29 is 13.6 Å². The fourth-order valence-corrected chi connectivity index (χ4v) is 4.48. The van der Waals surface area contributed by atoms with Crippen molar-refractivity contribution >= 4 is 5.91 Å². The summed E-state index contributed by atoms with van der Waals surface area (Å²) in [7, 11) is 1.66. The predicted octanol–water partition coefficient (Wildman–Crippen LogP) is 2.99. The summed E-state index contributed by atoms with van der Waals surface area (Å²) in [5.41, 5.74) is -0.588. The van der Waals surface area contributed by atoms with Gasteiger partial charge in [-0.15, -0.1) is 0 Å². The highest BCUT2D eigenvalue weighted by molar-refractivity contribution is 5.94. The molecule has 2 aliphatic rings. The number of rotatable bonds is 3. The molecule has 8 heteroatoms. The summed E-state index contributed by atoms with van der Waals surface area (Å²) in [6, 6.07) is 3.63. The number of aryl methyl sites for hydroxylation is 1. The van der Waals surface area contributed by atoms with Gasteiger partial charge in [-0.25, -0.2) is 18.3 Å². The van der Waals surface area contributed by atoms with Crippen molar-refractivity contribution in [3.63, 3.8) is 0 Å². The first kappa shape index (κ1) is 18.8. The number of nitrogens with zero attached hydrogens (tertiary/aromatic N) is 4. The van der Waals surface area contributed by atoms with Gasteiger partial charge in [-0.3, -0.25) is 9.36 Å². The van der Waals surface area contributed by atoms with Gasteiger partial charge in [-0.05, 0) is 37.8 Å². The van der Waals surface area contributed by atoms with Crippen LogP contribution in [0.1, 0.15) is 66.7 Å². The summed E-state index contributed by atoms with van der Waals surface area (Å²) in [5.74, 6) is -1.46. The third-order valence-corrected chi connectivity index (χ3v) is 6.00. The number of likely N-dealkylation sites (tertiary alicyclic amines) is 1. The molecule has 1 saturated heterocycles. The van der Waals surface area contributed by atoms with E-state index in [1.807, 2.05) is 4.57 Å². The molecule has 1 aromatic heterocycles. The van der Waals surface area contributed by atoms with Crippen LogP contribution in [0.25, 0.3) is 0 Å². The molecule has 0 unspecified atom stereocenters. The van der Waals surface area contributed by atoms with Gasteiger partial charge in [-0.1, -0.05) is 18.9 Å². The van der Waals surface area contributed by atoms with Crippen LogP contribution in [0.4, 0.5) is 8.78 Å². The van der Waals surface area contributed by atoms with E-state index in [4.69, 9.17) is 0 Å². The molecule has 0 N–H and O–H groups in total. The van der Waals surface area contributed by atoms with Crippen molar-refractivity contribution in [3.05, 3.63) is 51.7 Å². The van der Waals surface area contributed by atoms with Crippen molar-refractivity contribution in [2.45, 2.75) is 50.5 Å². The molecule has 0 atom stereocenters. The predicted molar refractivity (Wildman–Crippen MR) is 99.2 cm³/mol. The maximum Gasteiger partial charge on any atom is 0.345 e. The average molecular weight is 390 g/mol. The average Bonchev–Trinajstić information content (AvgIpc) is 3.30. The van der Waals surface area contributed by atoms with Gasteiger partial charge in [-0.2, -0.15) is 5.10 Å². The zero-order chi connectivity index (χ0) is 19.8. The van der Waals surface area contributed by atoms with Gasteiger partial charge in [0.25, 0.3) is 5.91 Å². The number of amides is 1. The molecule has 0 radical (unpaired) electrons. The third kappa shape index (κ3) is 3.25. The van der Waals surface area contributed by atoms with E-state index < -0.39 is 23.1 Å². The molecule has 1 saturated carbocycles. The zero-order valence-electron chi connectivity index (χ0n) is 15.9. The molecule has 1 aliphatic carbocycles. The Bertz CT molecular complexity index is 918. The quantitative estimate of drug-likeness (QED) is 0.810. The Balaban J connectivity index is 1.51. The minimum absolute atomic E-state index is 0.0593. The molecule has 28 heavy (non-hydrogen) atoms. The summed E-state index contributed by atoms with van der Waals surface area (Å²) < 4.78 is 31.1. The number of carbonyl (C=O) groups excluding carboxylic acids is 1.